The molecule has 0 fully saturated rings. The molecular weight excluding hydrogens is 223 g/mol. The highest BCUT2D eigenvalue weighted by atomic mass is 35.5. The molecule has 0 aliphatic rings. The van der Waals surface area contributed by atoms with Crippen molar-refractivity contribution in [1.82, 2.24) is 4.57 Å². The van der Waals surface area contributed by atoms with E-state index in [1.54, 1.807) is 0 Å². The van der Waals surface area contributed by atoms with Gasteiger partial charge >= 0.3 is 6.03 Å². The number of nitrogens with zero attached hydrogens (tertiary/aromatic N) is 1. The van der Waals surface area contributed by atoms with Gasteiger partial charge in [-0.15, -0.1) is 0 Å². The van der Waals surface area contributed by atoms with Crippen LogP contribution >= 0.6 is 11.6 Å². The minimum atomic E-state index is -0.856. The molecule has 0 saturated carbocycles. The standard InChI is InChI=1S/C9H6ClFN2O2/c10-5-3-7-4(1-6(5)11)2-8(14)13(7)9(12)15/h1-3,14H,(H2,12,15). The second-order valence-electron chi connectivity index (χ2n) is 3.00. The van der Waals surface area contributed by atoms with Crippen LogP contribution in [0.15, 0.2) is 18.2 Å². The highest BCUT2D eigenvalue weighted by molar-refractivity contribution is 6.31. The van der Waals surface area contributed by atoms with Gasteiger partial charge in [-0.2, -0.15) is 0 Å². The van der Waals surface area contributed by atoms with Gasteiger partial charge in [-0.25, -0.2) is 13.8 Å². The Morgan fingerprint density at radius 3 is 2.73 bits per heavy atom. The summed E-state index contributed by atoms with van der Waals surface area (Å²) >= 11 is 5.55. The lowest BCUT2D eigenvalue weighted by atomic mass is 10.2. The molecule has 4 nitrogen and oxygen atoms in total. The van der Waals surface area contributed by atoms with Gasteiger partial charge in [-0.3, -0.25) is 0 Å². The van der Waals surface area contributed by atoms with E-state index >= 15 is 0 Å². The monoisotopic (exact) mass is 228 g/mol. The average Bonchev–Trinajstić information content (AvgIpc) is 2.41. The van der Waals surface area contributed by atoms with Gasteiger partial charge in [0.2, 0.25) is 0 Å². The van der Waals surface area contributed by atoms with E-state index in [4.69, 9.17) is 17.3 Å². The Kier molecular flexibility index (Phi) is 2.04. The topological polar surface area (TPSA) is 68.2 Å². The van der Waals surface area contributed by atoms with E-state index in [2.05, 4.69) is 0 Å². The van der Waals surface area contributed by atoms with E-state index < -0.39 is 11.8 Å². The maximum absolute atomic E-state index is 13.1. The number of benzene rings is 1. The van der Waals surface area contributed by atoms with Crippen LogP contribution in [0.3, 0.4) is 0 Å². The molecule has 0 aliphatic carbocycles. The molecule has 78 valence electrons. The summed E-state index contributed by atoms with van der Waals surface area (Å²) in [7, 11) is 0. The molecule has 1 aromatic carbocycles. The Balaban J connectivity index is 2.87. The van der Waals surface area contributed by atoms with Gasteiger partial charge in [0.05, 0.1) is 10.5 Å². The van der Waals surface area contributed by atoms with Crippen LogP contribution in [0.25, 0.3) is 10.9 Å². The Hall–Kier alpha value is -1.75. The van der Waals surface area contributed by atoms with Crippen molar-refractivity contribution in [3.63, 3.8) is 0 Å². The zero-order valence-electron chi connectivity index (χ0n) is 7.37. The van der Waals surface area contributed by atoms with Crippen molar-refractivity contribution >= 4 is 28.5 Å². The zero-order chi connectivity index (χ0) is 11.2. The molecule has 2 rings (SSSR count). The van der Waals surface area contributed by atoms with Gasteiger partial charge in [0, 0.05) is 11.5 Å². The fourth-order valence-corrected chi connectivity index (χ4v) is 1.58. The maximum atomic E-state index is 13.1. The molecule has 0 bridgehead atoms. The first kappa shape index (κ1) is 9.79. The summed E-state index contributed by atoms with van der Waals surface area (Å²) in [5, 5.41) is 9.60. The summed E-state index contributed by atoms with van der Waals surface area (Å²) in [5.41, 5.74) is 5.31. The number of fused-ring (bicyclic) bond motifs is 1. The van der Waals surface area contributed by atoms with E-state index in [0.29, 0.717) is 5.39 Å². The fraction of sp³-hybridized carbons (Fsp3) is 0. The van der Waals surface area contributed by atoms with Crippen LogP contribution in [0.4, 0.5) is 9.18 Å². The van der Waals surface area contributed by atoms with Crippen LogP contribution in [-0.4, -0.2) is 15.7 Å². The van der Waals surface area contributed by atoms with E-state index in [1.807, 2.05) is 0 Å². The quantitative estimate of drug-likeness (QED) is 0.725. The second kappa shape index (κ2) is 3.13. The van der Waals surface area contributed by atoms with Crippen molar-refractivity contribution in [2.24, 2.45) is 5.73 Å². The molecule has 1 aromatic heterocycles. The minimum Gasteiger partial charge on any atom is -0.494 e. The predicted molar refractivity (Wildman–Crippen MR) is 53.6 cm³/mol. The molecule has 0 saturated heterocycles. The summed E-state index contributed by atoms with van der Waals surface area (Å²) in [5.74, 6) is -0.968. The molecule has 0 spiro atoms. The summed E-state index contributed by atoms with van der Waals surface area (Å²) in [4.78, 5) is 11.0. The van der Waals surface area contributed by atoms with E-state index in [-0.39, 0.29) is 16.4 Å². The average molecular weight is 229 g/mol. The van der Waals surface area contributed by atoms with E-state index in [0.717, 1.165) is 10.6 Å². The largest absolute Gasteiger partial charge is 0.494 e. The minimum absolute atomic E-state index is 0.136. The molecule has 0 radical (unpaired) electrons. The fourth-order valence-electron chi connectivity index (χ4n) is 1.42. The smallest absolute Gasteiger partial charge is 0.326 e. The maximum Gasteiger partial charge on any atom is 0.326 e. The van der Waals surface area contributed by atoms with Crippen LogP contribution in [0.2, 0.25) is 5.02 Å². The first-order valence-corrected chi connectivity index (χ1v) is 4.38. The van der Waals surface area contributed by atoms with Crippen molar-refractivity contribution in [2.45, 2.75) is 0 Å². The number of nitrogens with two attached hydrogens (primary N) is 1. The molecule has 15 heavy (non-hydrogen) atoms. The molecule has 6 heteroatoms. The van der Waals surface area contributed by atoms with Crippen molar-refractivity contribution < 1.29 is 14.3 Å². The van der Waals surface area contributed by atoms with Crippen molar-refractivity contribution in [3.05, 3.63) is 29.0 Å². The Morgan fingerprint density at radius 2 is 2.13 bits per heavy atom. The van der Waals surface area contributed by atoms with Crippen LogP contribution in [-0.2, 0) is 0 Å². The molecule has 1 amide bonds. The number of halogens is 2. The summed E-state index contributed by atoms with van der Waals surface area (Å²) in [6, 6.07) is 2.73. The van der Waals surface area contributed by atoms with Crippen molar-refractivity contribution in [2.75, 3.05) is 0 Å². The second-order valence-corrected chi connectivity index (χ2v) is 3.41. The Bertz CT molecular complexity index is 565. The summed E-state index contributed by atoms with van der Waals surface area (Å²) in [6.45, 7) is 0. The van der Waals surface area contributed by atoms with Crippen LogP contribution in [0.1, 0.15) is 0 Å². The van der Waals surface area contributed by atoms with Gasteiger partial charge in [-0.1, -0.05) is 11.6 Å². The predicted octanol–water partition coefficient (Wildman–Crippen LogP) is 2.07. The molecule has 2 aromatic rings. The number of hydrogen-bond donors (Lipinski definition) is 2. The van der Waals surface area contributed by atoms with Gasteiger partial charge < -0.3 is 10.8 Å². The van der Waals surface area contributed by atoms with E-state index in [9.17, 15) is 14.3 Å². The number of primary amides is 1. The molecule has 1 heterocycles. The number of carbonyl (C=O) groups excluding carboxylic acids is 1. The highest BCUT2D eigenvalue weighted by Crippen LogP contribution is 2.28. The lowest BCUT2D eigenvalue weighted by Crippen LogP contribution is -2.18. The molecule has 0 unspecified atom stereocenters. The van der Waals surface area contributed by atoms with Gasteiger partial charge in [0.15, 0.2) is 5.88 Å². The van der Waals surface area contributed by atoms with E-state index in [1.165, 1.54) is 12.1 Å². The first-order valence-electron chi connectivity index (χ1n) is 4.00. The highest BCUT2D eigenvalue weighted by Gasteiger charge is 2.14. The third-order valence-electron chi connectivity index (χ3n) is 2.04. The summed E-state index contributed by atoms with van der Waals surface area (Å²) in [6.07, 6.45) is 0. The third kappa shape index (κ3) is 1.41. The molecule has 3 N–H and O–H groups in total. The number of carbonyl (C=O) groups is 1. The number of hydrogen-bond acceptors (Lipinski definition) is 2. The zero-order valence-corrected chi connectivity index (χ0v) is 8.12. The molecule has 0 aliphatic heterocycles. The number of aromatic nitrogens is 1. The number of rotatable bonds is 0. The van der Waals surface area contributed by atoms with Crippen molar-refractivity contribution in [3.8, 4) is 5.88 Å². The Labute approximate surface area is 88.7 Å². The number of aromatic hydroxyl groups is 1. The van der Waals surface area contributed by atoms with Gasteiger partial charge in [0.25, 0.3) is 0 Å². The Morgan fingerprint density at radius 1 is 1.47 bits per heavy atom. The lowest BCUT2D eigenvalue weighted by molar-refractivity contribution is 0.248. The normalized spacial score (nSPS) is 10.8. The van der Waals surface area contributed by atoms with Gasteiger partial charge in [-0.05, 0) is 12.1 Å². The SMILES string of the molecule is NC(=O)n1c(O)cc2cc(F)c(Cl)cc21. The molecular formula is C9H6ClFN2O2. The lowest BCUT2D eigenvalue weighted by Gasteiger charge is -2.01. The van der Waals surface area contributed by atoms with Crippen LogP contribution in [0, 0.1) is 5.82 Å². The number of amides is 1. The van der Waals surface area contributed by atoms with Gasteiger partial charge in [0.1, 0.15) is 5.82 Å². The third-order valence-corrected chi connectivity index (χ3v) is 2.33. The first-order chi connectivity index (χ1) is 7.00. The van der Waals surface area contributed by atoms with Crippen LogP contribution in [0.5, 0.6) is 5.88 Å². The molecule has 0 atom stereocenters. The summed E-state index contributed by atoms with van der Waals surface area (Å²) < 4.78 is 13.9. The van der Waals surface area contributed by atoms with Crippen LogP contribution < -0.4 is 5.73 Å². The van der Waals surface area contributed by atoms with Crippen molar-refractivity contribution in [1.29, 1.82) is 0 Å².